The Bertz CT molecular complexity index is 989. The maximum atomic E-state index is 13.2. The van der Waals surface area contributed by atoms with Crippen molar-refractivity contribution in [3.8, 4) is 0 Å². The normalized spacial score (nSPS) is 14.7. The van der Waals surface area contributed by atoms with Crippen molar-refractivity contribution in [1.82, 2.24) is 14.8 Å². The number of carbonyl (C=O) groups excluding carboxylic acids is 1. The van der Waals surface area contributed by atoms with Gasteiger partial charge in [0.1, 0.15) is 11.1 Å². The molecular weight excluding hydrogens is 427 g/mol. The summed E-state index contributed by atoms with van der Waals surface area (Å²) in [6.45, 7) is 0.887. The smallest absolute Gasteiger partial charge is 0.242 e. The van der Waals surface area contributed by atoms with Crippen molar-refractivity contribution in [2.75, 3.05) is 5.32 Å². The van der Waals surface area contributed by atoms with Gasteiger partial charge in [-0.15, -0.1) is 10.2 Å². The van der Waals surface area contributed by atoms with Crippen LogP contribution in [0.1, 0.15) is 35.9 Å². The van der Waals surface area contributed by atoms with Crippen LogP contribution in [0.25, 0.3) is 0 Å². The molecule has 1 unspecified atom stereocenters. The number of hydrogen-bond acceptors (Lipinski definition) is 4. The minimum absolute atomic E-state index is 0.162. The second-order valence-corrected chi connectivity index (χ2v) is 8.86. The molecule has 0 spiro atoms. The fourth-order valence-corrected chi connectivity index (χ4v) is 4.99. The first-order valence-electron chi connectivity index (χ1n) is 9.51. The third-order valence-corrected chi connectivity index (χ3v) is 6.44. The molecule has 3 aromatic rings. The van der Waals surface area contributed by atoms with E-state index in [0.29, 0.717) is 15.7 Å². The van der Waals surface area contributed by atoms with Crippen LogP contribution < -0.4 is 5.32 Å². The van der Waals surface area contributed by atoms with Gasteiger partial charge >= 0.3 is 0 Å². The number of nitrogens with one attached hydrogen (secondary N) is 1. The topological polar surface area (TPSA) is 59.8 Å². The van der Waals surface area contributed by atoms with E-state index in [2.05, 4.69) is 20.1 Å². The molecule has 1 amide bonds. The highest BCUT2D eigenvalue weighted by Gasteiger charge is 2.26. The summed E-state index contributed by atoms with van der Waals surface area (Å²) in [4.78, 5) is 13.2. The summed E-state index contributed by atoms with van der Waals surface area (Å²) in [6.07, 6.45) is 4.34. The zero-order chi connectivity index (χ0) is 20.2. The third-order valence-electron chi connectivity index (χ3n) is 4.77. The SMILES string of the molecule is O=C(Nc1cc(Cl)cc(Cl)c1)C(Sc1nnc2n1CCCCC2)c1ccccc1. The number of halogens is 2. The molecule has 0 bridgehead atoms. The maximum Gasteiger partial charge on any atom is 0.242 e. The van der Waals surface area contributed by atoms with Gasteiger partial charge in [-0.2, -0.15) is 0 Å². The molecule has 0 fully saturated rings. The second-order valence-electron chi connectivity index (χ2n) is 6.92. The maximum absolute atomic E-state index is 13.2. The van der Waals surface area contributed by atoms with E-state index in [0.717, 1.165) is 42.4 Å². The Morgan fingerprint density at radius 3 is 2.55 bits per heavy atom. The zero-order valence-electron chi connectivity index (χ0n) is 15.6. The highest BCUT2D eigenvalue weighted by molar-refractivity contribution is 8.00. The van der Waals surface area contributed by atoms with Crippen molar-refractivity contribution in [2.45, 2.75) is 42.6 Å². The second kappa shape index (κ2) is 9.20. The van der Waals surface area contributed by atoms with E-state index in [4.69, 9.17) is 23.2 Å². The number of amides is 1. The number of aromatic nitrogens is 3. The quantitative estimate of drug-likeness (QED) is 0.504. The summed E-state index contributed by atoms with van der Waals surface area (Å²) in [5.41, 5.74) is 1.46. The average molecular weight is 447 g/mol. The van der Waals surface area contributed by atoms with Crippen LogP contribution in [0, 0.1) is 0 Å². The van der Waals surface area contributed by atoms with Gasteiger partial charge in [0.2, 0.25) is 5.91 Å². The van der Waals surface area contributed by atoms with E-state index < -0.39 is 5.25 Å². The number of thioether (sulfide) groups is 1. The van der Waals surface area contributed by atoms with Crippen LogP contribution in [0.5, 0.6) is 0 Å². The molecule has 0 aliphatic carbocycles. The van der Waals surface area contributed by atoms with Crippen molar-refractivity contribution >= 4 is 46.6 Å². The summed E-state index contributed by atoms with van der Waals surface area (Å²) < 4.78 is 2.15. The number of anilines is 1. The molecule has 0 radical (unpaired) electrons. The Hall–Kier alpha value is -2.02. The lowest BCUT2D eigenvalue weighted by Crippen LogP contribution is -2.19. The first-order valence-corrected chi connectivity index (χ1v) is 11.1. The fourth-order valence-electron chi connectivity index (χ4n) is 3.39. The molecule has 2 aromatic carbocycles. The molecule has 150 valence electrons. The van der Waals surface area contributed by atoms with Gasteiger partial charge < -0.3 is 9.88 Å². The summed E-state index contributed by atoms with van der Waals surface area (Å²) >= 11 is 13.6. The number of carbonyl (C=O) groups is 1. The highest BCUT2D eigenvalue weighted by Crippen LogP contribution is 2.36. The van der Waals surface area contributed by atoms with Crippen molar-refractivity contribution in [2.24, 2.45) is 0 Å². The Morgan fingerprint density at radius 1 is 1.03 bits per heavy atom. The summed E-state index contributed by atoms with van der Waals surface area (Å²) in [6, 6.07) is 14.7. The van der Waals surface area contributed by atoms with E-state index in [9.17, 15) is 4.79 Å². The van der Waals surface area contributed by atoms with Crippen molar-refractivity contribution < 1.29 is 4.79 Å². The first kappa shape index (κ1) is 20.3. The fraction of sp³-hybridized carbons (Fsp3) is 0.286. The number of fused-ring (bicyclic) bond motifs is 1. The van der Waals surface area contributed by atoms with Gasteiger partial charge in [0, 0.05) is 28.7 Å². The monoisotopic (exact) mass is 446 g/mol. The standard InChI is InChI=1S/C21H20Cl2N4OS/c22-15-11-16(23)13-17(12-15)24-20(28)19(14-7-3-1-4-8-14)29-21-26-25-18-9-5-2-6-10-27(18)21/h1,3-4,7-8,11-13,19H,2,5-6,9-10H2,(H,24,28). The molecule has 2 heterocycles. The molecule has 1 aromatic heterocycles. The average Bonchev–Trinajstić information content (AvgIpc) is 2.91. The van der Waals surface area contributed by atoms with E-state index in [1.54, 1.807) is 18.2 Å². The number of aryl methyl sites for hydroxylation is 1. The zero-order valence-corrected chi connectivity index (χ0v) is 18.0. The summed E-state index contributed by atoms with van der Waals surface area (Å²) in [7, 11) is 0. The predicted molar refractivity (Wildman–Crippen MR) is 118 cm³/mol. The van der Waals surface area contributed by atoms with Crippen molar-refractivity contribution in [1.29, 1.82) is 0 Å². The molecule has 0 saturated heterocycles. The minimum atomic E-state index is -0.481. The van der Waals surface area contributed by atoms with Crippen LogP contribution in [0.15, 0.2) is 53.7 Å². The largest absolute Gasteiger partial charge is 0.325 e. The van der Waals surface area contributed by atoms with Crippen molar-refractivity contribution in [3.63, 3.8) is 0 Å². The predicted octanol–water partition coefficient (Wildman–Crippen LogP) is 5.78. The molecule has 8 heteroatoms. The lowest BCUT2D eigenvalue weighted by molar-refractivity contribution is -0.115. The van der Waals surface area contributed by atoms with Gasteiger partial charge in [-0.3, -0.25) is 4.79 Å². The number of rotatable bonds is 5. The molecule has 1 N–H and O–H groups in total. The van der Waals surface area contributed by atoms with Crippen LogP contribution in [-0.2, 0) is 17.8 Å². The molecule has 1 aliphatic heterocycles. The van der Waals surface area contributed by atoms with E-state index in [1.165, 1.54) is 18.2 Å². The van der Waals surface area contributed by atoms with Gasteiger partial charge in [-0.1, -0.05) is 71.7 Å². The van der Waals surface area contributed by atoms with E-state index in [-0.39, 0.29) is 5.91 Å². The Morgan fingerprint density at radius 2 is 1.79 bits per heavy atom. The number of nitrogens with zero attached hydrogens (tertiary/aromatic N) is 3. The van der Waals surface area contributed by atoms with E-state index in [1.807, 2.05) is 30.3 Å². The molecule has 29 heavy (non-hydrogen) atoms. The molecule has 5 nitrogen and oxygen atoms in total. The summed E-state index contributed by atoms with van der Waals surface area (Å²) in [5.74, 6) is 0.837. The Labute approximate surface area is 183 Å². The Balaban J connectivity index is 1.62. The summed E-state index contributed by atoms with van der Waals surface area (Å²) in [5, 5.41) is 12.9. The highest BCUT2D eigenvalue weighted by atomic mass is 35.5. The van der Waals surface area contributed by atoms with Gasteiger partial charge in [-0.25, -0.2) is 0 Å². The van der Waals surface area contributed by atoms with Crippen LogP contribution in [-0.4, -0.2) is 20.7 Å². The Kier molecular flexibility index (Phi) is 6.43. The first-order chi connectivity index (χ1) is 14.1. The minimum Gasteiger partial charge on any atom is -0.325 e. The number of hydrogen-bond donors (Lipinski definition) is 1. The molecular formula is C21H20Cl2N4OS. The lowest BCUT2D eigenvalue weighted by atomic mass is 10.1. The molecule has 1 atom stereocenters. The number of benzene rings is 2. The van der Waals surface area contributed by atoms with Crippen LogP contribution in [0.3, 0.4) is 0 Å². The van der Waals surface area contributed by atoms with Gasteiger partial charge in [0.25, 0.3) is 0 Å². The lowest BCUT2D eigenvalue weighted by Gasteiger charge is -2.17. The van der Waals surface area contributed by atoms with Crippen LogP contribution in [0.2, 0.25) is 10.0 Å². The van der Waals surface area contributed by atoms with Crippen molar-refractivity contribution in [3.05, 3.63) is 70.0 Å². The van der Waals surface area contributed by atoms with Gasteiger partial charge in [-0.05, 0) is 36.6 Å². The molecule has 0 saturated carbocycles. The van der Waals surface area contributed by atoms with Gasteiger partial charge in [0.15, 0.2) is 5.16 Å². The molecule has 4 rings (SSSR count). The third kappa shape index (κ3) is 4.94. The molecule has 1 aliphatic rings. The van der Waals surface area contributed by atoms with Crippen LogP contribution in [0.4, 0.5) is 5.69 Å². The van der Waals surface area contributed by atoms with Gasteiger partial charge in [0.05, 0.1) is 0 Å². The van der Waals surface area contributed by atoms with E-state index >= 15 is 0 Å². The van der Waals surface area contributed by atoms with Crippen LogP contribution >= 0.6 is 35.0 Å².